The summed E-state index contributed by atoms with van der Waals surface area (Å²) in [5.41, 5.74) is 1.82. The van der Waals surface area contributed by atoms with Gasteiger partial charge in [-0.3, -0.25) is 0 Å². The van der Waals surface area contributed by atoms with Gasteiger partial charge in [-0.2, -0.15) is 0 Å². The molecule has 2 rings (SSSR count). The van der Waals surface area contributed by atoms with Crippen molar-refractivity contribution in [1.82, 2.24) is 9.88 Å². The molecular weight excluding hydrogens is 280 g/mol. The Hall–Kier alpha value is -1.70. The number of aromatic nitrogens is 1. The van der Waals surface area contributed by atoms with Crippen molar-refractivity contribution >= 4 is 10.0 Å². The molecule has 0 aliphatic heterocycles. The fraction of sp³-hybridized carbons (Fsp3) is 0.308. The smallest absolute Gasteiger partial charge is 0.241 e. The van der Waals surface area contributed by atoms with Crippen LogP contribution in [-0.2, 0) is 23.2 Å². The highest BCUT2D eigenvalue weighted by Crippen LogP contribution is 2.19. The lowest BCUT2D eigenvalue weighted by Gasteiger charge is -2.10. The van der Waals surface area contributed by atoms with Crippen LogP contribution in [0.15, 0.2) is 33.7 Å². The van der Waals surface area contributed by atoms with E-state index in [0.717, 1.165) is 0 Å². The maximum absolute atomic E-state index is 12.2. The van der Waals surface area contributed by atoms with Crippen LogP contribution in [0.5, 0.6) is 0 Å². The van der Waals surface area contributed by atoms with Crippen LogP contribution in [0.4, 0.5) is 0 Å². The van der Waals surface area contributed by atoms with Gasteiger partial charge in [0.05, 0.1) is 23.7 Å². The Labute approximate surface area is 117 Å². The van der Waals surface area contributed by atoms with Crippen molar-refractivity contribution in [3.63, 3.8) is 0 Å². The van der Waals surface area contributed by atoms with E-state index in [-0.39, 0.29) is 18.0 Å². The number of nitrogens with zero attached hydrogens (tertiary/aromatic N) is 1. The number of hydrogen-bond acceptors (Lipinski definition) is 5. The van der Waals surface area contributed by atoms with Gasteiger partial charge in [-0.15, -0.1) is 0 Å². The molecule has 1 aromatic carbocycles. The topological polar surface area (TPSA) is 92.4 Å². The molecule has 0 bridgehead atoms. The van der Waals surface area contributed by atoms with Crippen molar-refractivity contribution in [1.29, 1.82) is 0 Å². The average Bonchev–Trinajstić information content (AvgIpc) is 2.82. The predicted molar refractivity (Wildman–Crippen MR) is 72.4 cm³/mol. The summed E-state index contributed by atoms with van der Waals surface area (Å²) in [5, 5.41) is 12.9. The molecule has 0 aliphatic carbocycles. The second kappa shape index (κ2) is 5.74. The molecule has 6 nitrogen and oxygen atoms in total. The Morgan fingerprint density at radius 1 is 1.35 bits per heavy atom. The second-order valence-corrected chi connectivity index (χ2v) is 6.19. The van der Waals surface area contributed by atoms with E-state index < -0.39 is 10.0 Å². The van der Waals surface area contributed by atoms with Gasteiger partial charge in [-0.25, -0.2) is 13.1 Å². The number of benzene rings is 1. The van der Waals surface area contributed by atoms with Crippen molar-refractivity contribution < 1.29 is 18.0 Å². The zero-order valence-electron chi connectivity index (χ0n) is 11.3. The number of sulfonamides is 1. The molecule has 20 heavy (non-hydrogen) atoms. The van der Waals surface area contributed by atoms with E-state index in [1.54, 1.807) is 32.0 Å². The van der Waals surface area contributed by atoms with E-state index in [2.05, 4.69) is 9.88 Å². The summed E-state index contributed by atoms with van der Waals surface area (Å²) in [6.07, 6.45) is 0. The minimum atomic E-state index is -3.66. The quantitative estimate of drug-likeness (QED) is 0.866. The molecule has 0 saturated carbocycles. The first kappa shape index (κ1) is 14.7. The lowest BCUT2D eigenvalue weighted by atomic mass is 10.1. The molecule has 0 spiro atoms. The van der Waals surface area contributed by atoms with Crippen molar-refractivity contribution in [2.45, 2.75) is 31.9 Å². The van der Waals surface area contributed by atoms with Gasteiger partial charge in [0.1, 0.15) is 0 Å². The summed E-state index contributed by atoms with van der Waals surface area (Å²) >= 11 is 0. The van der Waals surface area contributed by atoms with Crippen molar-refractivity contribution in [2.75, 3.05) is 0 Å². The summed E-state index contributed by atoms with van der Waals surface area (Å²) in [4.78, 5) is 0.153. The Kier molecular flexibility index (Phi) is 4.22. The Balaban J connectivity index is 2.22. The van der Waals surface area contributed by atoms with Crippen LogP contribution in [0.1, 0.15) is 22.6 Å². The number of aliphatic hydroxyl groups is 1. The molecule has 0 atom stereocenters. The summed E-state index contributed by atoms with van der Waals surface area (Å²) < 4.78 is 31.9. The molecule has 0 saturated heterocycles. The molecule has 108 valence electrons. The van der Waals surface area contributed by atoms with E-state index in [4.69, 9.17) is 4.52 Å². The van der Waals surface area contributed by atoms with E-state index in [0.29, 0.717) is 22.6 Å². The summed E-state index contributed by atoms with van der Waals surface area (Å²) in [6.45, 7) is 3.26. The lowest BCUT2D eigenvalue weighted by molar-refractivity contribution is 0.280. The molecule has 2 N–H and O–H groups in total. The van der Waals surface area contributed by atoms with E-state index in [1.165, 1.54) is 6.07 Å². The average molecular weight is 296 g/mol. The molecule has 7 heteroatoms. The Morgan fingerprint density at radius 3 is 2.70 bits per heavy atom. The zero-order chi connectivity index (χ0) is 14.8. The van der Waals surface area contributed by atoms with Crippen molar-refractivity contribution in [3.05, 3.63) is 46.8 Å². The molecule has 1 aromatic heterocycles. The van der Waals surface area contributed by atoms with Crippen molar-refractivity contribution in [2.24, 2.45) is 0 Å². The van der Waals surface area contributed by atoms with Gasteiger partial charge in [0, 0.05) is 6.07 Å². The van der Waals surface area contributed by atoms with Crippen LogP contribution in [0.3, 0.4) is 0 Å². The van der Waals surface area contributed by atoms with Gasteiger partial charge in [-0.05, 0) is 31.0 Å². The highest BCUT2D eigenvalue weighted by atomic mass is 32.2. The predicted octanol–water partition coefficient (Wildman–Crippen LogP) is 1.26. The van der Waals surface area contributed by atoms with Gasteiger partial charge >= 0.3 is 0 Å². The van der Waals surface area contributed by atoms with E-state index in [1.807, 2.05) is 0 Å². The van der Waals surface area contributed by atoms with Crippen LogP contribution in [0, 0.1) is 13.8 Å². The third kappa shape index (κ3) is 3.06. The third-order valence-electron chi connectivity index (χ3n) is 2.97. The second-order valence-electron chi connectivity index (χ2n) is 4.46. The summed E-state index contributed by atoms with van der Waals surface area (Å²) in [5.74, 6) is 0.446. The minimum absolute atomic E-state index is 0.0337. The number of aliphatic hydroxyl groups excluding tert-OH is 1. The largest absolute Gasteiger partial charge is 0.392 e. The standard InChI is InChI=1S/C13H16N2O4S/c1-9-6-12(19-15-9)7-14-20(17,18)13-5-3-4-11(8-16)10(13)2/h3-6,14,16H,7-8H2,1-2H3. The highest BCUT2D eigenvalue weighted by molar-refractivity contribution is 7.89. The molecule has 1 heterocycles. The number of nitrogens with one attached hydrogen (secondary N) is 1. The van der Waals surface area contributed by atoms with Gasteiger partial charge in [0.15, 0.2) is 5.76 Å². The fourth-order valence-corrected chi connectivity index (χ4v) is 3.15. The molecule has 0 fully saturated rings. The Morgan fingerprint density at radius 2 is 2.10 bits per heavy atom. The number of hydrogen-bond donors (Lipinski definition) is 2. The minimum Gasteiger partial charge on any atom is -0.392 e. The van der Waals surface area contributed by atoms with Crippen LogP contribution in [0.2, 0.25) is 0 Å². The van der Waals surface area contributed by atoms with Gasteiger partial charge in [0.2, 0.25) is 10.0 Å². The fourth-order valence-electron chi connectivity index (χ4n) is 1.87. The maximum Gasteiger partial charge on any atom is 0.241 e. The molecular formula is C13H16N2O4S. The lowest BCUT2D eigenvalue weighted by Crippen LogP contribution is -2.24. The normalized spacial score (nSPS) is 11.8. The van der Waals surface area contributed by atoms with Crippen LogP contribution < -0.4 is 4.72 Å². The molecule has 0 unspecified atom stereocenters. The summed E-state index contributed by atoms with van der Waals surface area (Å²) in [7, 11) is -3.66. The van der Waals surface area contributed by atoms with Gasteiger partial charge < -0.3 is 9.63 Å². The summed E-state index contributed by atoms with van der Waals surface area (Å²) in [6, 6.07) is 6.46. The molecule has 0 amide bonds. The maximum atomic E-state index is 12.2. The first-order chi connectivity index (χ1) is 9.44. The third-order valence-corrected chi connectivity index (χ3v) is 4.51. The molecule has 0 radical (unpaired) electrons. The van der Waals surface area contributed by atoms with Crippen molar-refractivity contribution in [3.8, 4) is 0 Å². The zero-order valence-corrected chi connectivity index (χ0v) is 12.1. The van der Waals surface area contributed by atoms with Gasteiger partial charge in [0.25, 0.3) is 0 Å². The first-order valence-electron chi connectivity index (χ1n) is 6.05. The van der Waals surface area contributed by atoms with Crippen LogP contribution in [-0.4, -0.2) is 18.7 Å². The monoisotopic (exact) mass is 296 g/mol. The molecule has 0 aliphatic rings. The van der Waals surface area contributed by atoms with Gasteiger partial charge in [-0.1, -0.05) is 17.3 Å². The first-order valence-corrected chi connectivity index (χ1v) is 7.53. The SMILES string of the molecule is Cc1cc(CNS(=O)(=O)c2cccc(CO)c2C)on1. The number of aryl methyl sites for hydroxylation is 1. The van der Waals surface area contributed by atoms with Crippen LogP contribution >= 0.6 is 0 Å². The molecule has 2 aromatic rings. The van der Waals surface area contributed by atoms with E-state index in [9.17, 15) is 13.5 Å². The van der Waals surface area contributed by atoms with E-state index >= 15 is 0 Å². The Bertz CT molecular complexity index is 707. The highest BCUT2D eigenvalue weighted by Gasteiger charge is 2.18. The number of rotatable bonds is 5. The van der Waals surface area contributed by atoms with Crippen LogP contribution in [0.25, 0.3) is 0 Å².